The van der Waals surface area contributed by atoms with Crippen LogP contribution in [-0.2, 0) is 9.53 Å². The number of ether oxygens (including phenoxy) is 1. The van der Waals surface area contributed by atoms with Gasteiger partial charge >= 0.3 is 5.97 Å². The van der Waals surface area contributed by atoms with E-state index in [1.165, 1.54) is 0 Å². The highest BCUT2D eigenvalue weighted by atomic mass is 16.5. The Bertz CT molecular complexity index is 529. The predicted octanol–water partition coefficient (Wildman–Crippen LogP) is 3.17. The summed E-state index contributed by atoms with van der Waals surface area (Å²) in [7, 11) is 0. The van der Waals surface area contributed by atoms with Crippen molar-refractivity contribution in [1.82, 2.24) is 0 Å². The molecule has 20 heavy (non-hydrogen) atoms. The van der Waals surface area contributed by atoms with Gasteiger partial charge in [-0.2, -0.15) is 0 Å². The van der Waals surface area contributed by atoms with E-state index < -0.39 is 0 Å². The molecule has 0 N–H and O–H groups in total. The molecule has 1 atom stereocenters. The smallest absolute Gasteiger partial charge is 0.327 e. The lowest BCUT2D eigenvalue weighted by Gasteiger charge is -2.16. The molecule has 1 aliphatic rings. The van der Waals surface area contributed by atoms with Crippen LogP contribution in [0, 0.1) is 5.92 Å². The number of allylic oxidation sites excluding steroid dienone is 4. The average Bonchev–Trinajstić information content (AvgIpc) is 2.50. The Hall–Kier alpha value is -2.16. The molecular formula is C17H19NO2. The lowest BCUT2D eigenvalue weighted by molar-refractivity contribution is -0.141. The molecule has 104 valence electrons. The summed E-state index contributed by atoms with van der Waals surface area (Å²) in [5.41, 5.74) is 2.00. The van der Waals surface area contributed by atoms with E-state index in [1.807, 2.05) is 42.5 Å². The van der Waals surface area contributed by atoms with Crippen molar-refractivity contribution < 1.29 is 9.53 Å². The maximum Gasteiger partial charge on any atom is 0.327 e. The van der Waals surface area contributed by atoms with E-state index in [2.05, 4.69) is 17.1 Å². The van der Waals surface area contributed by atoms with Crippen LogP contribution < -0.4 is 0 Å². The highest BCUT2D eigenvalue weighted by Crippen LogP contribution is 2.19. The number of benzene rings is 1. The van der Waals surface area contributed by atoms with Gasteiger partial charge in [0, 0.05) is 11.6 Å². The Labute approximate surface area is 119 Å². The molecule has 2 rings (SSSR count). The van der Waals surface area contributed by atoms with Gasteiger partial charge in [-0.1, -0.05) is 54.6 Å². The maximum absolute atomic E-state index is 11.5. The van der Waals surface area contributed by atoms with E-state index in [0.29, 0.717) is 6.61 Å². The first-order chi connectivity index (χ1) is 9.81. The number of esters is 1. The zero-order chi connectivity index (χ0) is 14.2. The van der Waals surface area contributed by atoms with E-state index in [9.17, 15) is 4.79 Å². The summed E-state index contributed by atoms with van der Waals surface area (Å²) in [5, 5.41) is 0. The second-order valence-corrected chi connectivity index (χ2v) is 4.53. The van der Waals surface area contributed by atoms with Crippen LogP contribution in [0.2, 0.25) is 0 Å². The number of nitrogens with zero attached hydrogens (tertiary/aromatic N) is 1. The van der Waals surface area contributed by atoms with Crippen molar-refractivity contribution in [2.24, 2.45) is 10.9 Å². The van der Waals surface area contributed by atoms with Crippen LogP contribution in [0.25, 0.3) is 0 Å². The van der Waals surface area contributed by atoms with Crippen molar-refractivity contribution in [1.29, 1.82) is 0 Å². The lowest BCUT2D eigenvalue weighted by Crippen LogP contribution is -2.17. The number of hydrogen-bond acceptors (Lipinski definition) is 3. The summed E-state index contributed by atoms with van der Waals surface area (Å²) in [6.45, 7) is 2.27. The van der Waals surface area contributed by atoms with Crippen LogP contribution in [0.5, 0.6) is 0 Å². The number of rotatable bonds is 5. The normalized spacial score (nSPS) is 18.1. The second kappa shape index (κ2) is 7.43. The third-order valence-electron chi connectivity index (χ3n) is 3.09. The number of carbonyl (C=O) groups excluding carboxylic acids is 1. The lowest BCUT2D eigenvalue weighted by atomic mass is 9.91. The Morgan fingerprint density at radius 1 is 1.30 bits per heavy atom. The SMILES string of the molecule is CCOC(=O)C/N=C(/c1ccccc1)C1C=CC=CC1. The minimum atomic E-state index is -0.281. The molecular weight excluding hydrogens is 250 g/mol. The molecule has 0 saturated heterocycles. The molecule has 1 aromatic carbocycles. The predicted molar refractivity (Wildman–Crippen MR) is 80.9 cm³/mol. The fourth-order valence-electron chi connectivity index (χ4n) is 2.17. The number of aliphatic imine (C=N–C) groups is 1. The second-order valence-electron chi connectivity index (χ2n) is 4.53. The standard InChI is InChI=1S/C17H19NO2/c1-2-20-16(19)13-18-17(14-9-5-3-6-10-14)15-11-7-4-8-12-15/h3-11,15H,2,12-13H2,1H3/b18-17-. The molecule has 3 heteroatoms. The van der Waals surface area contributed by atoms with Crippen LogP contribution in [0.1, 0.15) is 18.9 Å². The van der Waals surface area contributed by atoms with Crippen molar-refractivity contribution in [3.05, 3.63) is 60.2 Å². The van der Waals surface area contributed by atoms with Crippen LogP contribution in [0.4, 0.5) is 0 Å². The molecule has 0 fully saturated rings. The first kappa shape index (κ1) is 14.3. The van der Waals surface area contributed by atoms with Gasteiger partial charge in [0.05, 0.1) is 6.61 Å². The quantitative estimate of drug-likeness (QED) is 0.608. The summed E-state index contributed by atoms with van der Waals surface area (Å²) in [4.78, 5) is 16.0. The van der Waals surface area contributed by atoms with Crippen molar-refractivity contribution in [3.63, 3.8) is 0 Å². The van der Waals surface area contributed by atoms with Crippen molar-refractivity contribution in [2.75, 3.05) is 13.2 Å². The van der Waals surface area contributed by atoms with E-state index in [-0.39, 0.29) is 18.4 Å². The topological polar surface area (TPSA) is 38.7 Å². The van der Waals surface area contributed by atoms with Crippen LogP contribution in [0.15, 0.2) is 59.6 Å². The molecule has 0 saturated carbocycles. The maximum atomic E-state index is 11.5. The van der Waals surface area contributed by atoms with Gasteiger partial charge in [-0.05, 0) is 18.9 Å². The molecule has 0 amide bonds. The van der Waals surface area contributed by atoms with E-state index in [1.54, 1.807) is 6.92 Å². The zero-order valence-electron chi connectivity index (χ0n) is 11.7. The fourth-order valence-corrected chi connectivity index (χ4v) is 2.17. The largest absolute Gasteiger partial charge is 0.465 e. The molecule has 0 heterocycles. The van der Waals surface area contributed by atoms with Crippen LogP contribution in [0.3, 0.4) is 0 Å². The monoisotopic (exact) mass is 269 g/mol. The number of carbonyl (C=O) groups is 1. The highest BCUT2D eigenvalue weighted by Gasteiger charge is 2.15. The average molecular weight is 269 g/mol. The van der Waals surface area contributed by atoms with Crippen LogP contribution >= 0.6 is 0 Å². The Kier molecular flexibility index (Phi) is 5.30. The minimum Gasteiger partial charge on any atom is -0.465 e. The fraction of sp³-hybridized carbons (Fsp3) is 0.294. The first-order valence-corrected chi connectivity index (χ1v) is 6.90. The minimum absolute atomic E-state index is 0.0755. The van der Waals surface area contributed by atoms with Crippen molar-refractivity contribution in [3.8, 4) is 0 Å². The molecule has 0 aromatic heterocycles. The van der Waals surface area contributed by atoms with Gasteiger partial charge in [-0.15, -0.1) is 0 Å². The molecule has 0 aliphatic heterocycles. The molecule has 0 spiro atoms. The third kappa shape index (κ3) is 3.92. The Balaban J connectivity index is 2.20. The summed E-state index contributed by atoms with van der Waals surface area (Å²) in [6.07, 6.45) is 9.21. The summed E-state index contributed by atoms with van der Waals surface area (Å²) in [5.74, 6) is -0.0620. The summed E-state index contributed by atoms with van der Waals surface area (Å²) >= 11 is 0. The van der Waals surface area contributed by atoms with Gasteiger partial charge in [-0.25, -0.2) is 0 Å². The summed E-state index contributed by atoms with van der Waals surface area (Å²) < 4.78 is 4.94. The molecule has 1 aliphatic carbocycles. The van der Waals surface area contributed by atoms with Gasteiger partial charge < -0.3 is 4.74 Å². The van der Waals surface area contributed by atoms with Crippen molar-refractivity contribution >= 4 is 11.7 Å². The molecule has 1 aromatic rings. The first-order valence-electron chi connectivity index (χ1n) is 6.90. The molecule has 1 unspecified atom stereocenters. The van der Waals surface area contributed by atoms with Crippen molar-refractivity contribution in [2.45, 2.75) is 13.3 Å². The van der Waals surface area contributed by atoms with E-state index in [0.717, 1.165) is 17.7 Å². The van der Waals surface area contributed by atoms with E-state index in [4.69, 9.17) is 4.74 Å². The number of hydrogen-bond donors (Lipinski definition) is 0. The van der Waals surface area contributed by atoms with Gasteiger partial charge in [0.2, 0.25) is 0 Å². The molecule has 0 radical (unpaired) electrons. The Morgan fingerprint density at radius 3 is 2.75 bits per heavy atom. The molecule has 3 nitrogen and oxygen atoms in total. The van der Waals surface area contributed by atoms with Gasteiger partial charge in [0.1, 0.15) is 6.54 Å². The third-order valence-corrected chi connectivity index (χ3v) is 3.09. The van der Waals surface area contributed by atoms with Crippen LogP contribution in [-0.4, -0.2) is 24.8 Å². The Morgan fingerprint density at radius 2 is 2.10 bits per heavy atom. The zero-order valence-corrected chi connectivity index (χ0v) is 11.7. The van der Waals surface area contributed by atoms with Gasteiger partial charge in [0.15, 0.2) is 0 Å². The summed E-state index contributed by atoms with van der Waals surface area (Å²) in [6, 6.07) is 9.99. The van der Waals surface area contributed by atoms with Gasteiger partial charge in [0.25, 0.3) is 0 Å². The molecule has 0 bridgehead atoms. The highest BCUT2D eigenvalue weighted by molar-refractivity contribution is 6.04. The van der Waals surface area contributed by atoms with Gasteiger partial charge in [-0.3, -0.25) is 9.79 Å². The van der Waals surface area contributed by atoms with E-state index >= 15 is 0 Å².